The second-order valence-corrected chi connectivity index (χ2v) is 6.84. The van der Waals surface area contributed by atoms with Gasteiger partial charge in [-0.2, -0.15) is 0 Å². The van der Waals surface area contributed by atoms with Crippen molar-refractivity contribution in [2.24, 2.45) is 5.16 Å². The Morgan fingerprint density at radius 2 is 1.88 bits per heavy atom. The molecule has 3 rings (SSSR count). The number of carbonyl (C=O) groups is 2. The molecule has 0 saturated heterocycles. The third-order valence-corrected chi connectivity index (χ3v) is 4.68. The van der Waals surface area contributed by atoms with Gasteiger partial charge in [0.25, 0.3) is 5.91 Å². The predicted molar refractivity (Wildman–Crippen MR) is 96.5 cm³/mol. The first-order valence-corrected chi connectivity index (χ1v) is 8.49. The Kier molecular flexibility index (Phi) is 5.20. The predicted octanol–water partition coefficient (Wildman–Crippen LogP) is 3.71. The number of halogens is 1. The number of nitrogens with one attached hydrogen (secondary N) is 2. The molecule has 2 amide bonds. The molecule has 1 aromatic heterocycles. The quantitative estimate of drug-likeness (QED) is 0.847. The van der Waals surface area contributed by atoms with Crippen LogP contribution in [0.15, 0.2) is 41.6 Å². The Labute approximate surface area is 152 Å². The van der Waals surface area contributed by atoms with Gasteiger partial charge < -0.3 is 14.9 Å². The maximum atomic E-state index is 12.3. The highest BCUT2D eigenvalue weighted by atomic mass is 35.5. The van der Waals surface area contributed by atoms with E-state index in [4.69, 9.17) is 16.4 Å². The number of oxime groups is 1. The molecule has 0 radical (unpaired) electrons. The fourth-order valence-electron chi connectivity index (χ4n) is 2.16. The van der Waals surface area contributed by atoms with Crippen LogP contribution in [0.3, 0.4) is 0 Å². The van der Waals surface area contributed by atoms with Crippen molar-refractivity contribution in [3.8, 4) is 0 Å². The van der Waals surface area contributed by atoms with Crippen LogP contribution in [0.2, 0.25) is 4.34 Å². The molecule has 7 nitrogen and oxygen atoms in total. The van der Waals surface area contributed by atoms with E-state index in [-0.39, 0.29) is 5.91 Å². The number of hydrogen-bond donors (Lipinski definition) is 2. The zero-order valence-corrected chi connectivity index (χ0v) is 14.7. The second-order valence-electron chi connectivity index (χ2n) is 5.12. The number of hydrogen-bond acceptors (Lipinski definition) is 6. The Bertz CT molecular complexity index is 819. The third kappa shape index (κ3) is 4.28. The highest BCUT2D eigenvalue weighted by Gasteiger charge is 2.29. The van der Waals surface area contributed by atoms with Crippen molar-refractivity contribution in [2.75, 3.05) is 17.7 Å². The molecule has 25 heavy (non-hydrogen) atoms. The third-order valence-electron chi connectivity index (χ3n) is 3.40. The van der Waals surface area contributed by atoms with E-state index in [0.717, 1.165) is 4.88 Å². The van der Waals surface area contributed by atoms with Crippen LogP contribution in [0.25, 0.3) is 0 Å². The van der Waals surface area contributed by atoms with Crippen LogP contribution in [0.5, 0.6) is 0 Å². The van der Waals surface area contributed by atoms with Crippen molar-refractivity contribution in [3.05, 3.63) is 45.6 Å². The fraction of sp³-hybridized carbons (Fsp3) is 0.188. The van der Waals surface area contributed by atoms with Crippen LogP contribution in [-0.2, 0) is 14.4 Å². The molecule has 0 bridgehead atoms. The summed E-state index contributed by atoms with van der Waals surface area (Å²) in [5, 5.41) is 9.24. The van der Waals surface area contributed by atoms with E-state index in [2.05, 4.69) is 20.5 Å². The van der Waals surface area contributed by atoms with Gasteiger partial charge in [-0.1, -0.05) is 16.8 Å². The molecule has 9 heteroatoms. The normalized spacial score (nSPS) is 15.9. The number of carbonyl (C=O) groups excluding carboxylic acids is 2. The minimum Gasteiger partial charge on any atom is -0.453 e. The maximum Gasteiger partial charge on any atom is 0.411 e. The summed E-state index contributed by atoms with van der Waals surface area (Å²) in [6.07, 6.45) is -0.872. The maximum absolute atomic E-state index is 12.3. The molecule has 2 aromatic rings. The molecule has 1 aliphatic heterocycles. The average molecular weight is 380 g/mol. The second kappa shape index (κ2) is 7.54. The minimum absolute atomic E-state index is 0.296. The molecule has 130 valence electrons. The number of amides is 2. The monoisotopic (exact) mass is 379 g/mol. The summed E-state index contributed by atoms with van der Waals surface area (Å²) in [7, 11) is 1.28. The molecule has 1 aromatic carbocycles. The van der Waals surface area contributed by atoms with Gasteiger partial charge in [-0.25, -0.2) is 4.79 Å². The van der Waals surface area contributed by atoms with Crippen LogP contribution in [0.1, 0.15) is 11.3 Å². The van der Waals surface area contributed by atoms with Crippen molar-refractivity contribution in [1.82, 2.24) is 0 Å². The lowest BCUT2D eigenvalue weighted by atomic mass is 10.1. The molecular weight excluding hydrogens is 366 g/mol. The topological polar surface area (TPSA) is 89.0 Å². The van der Waals surface area contributed by atoms with E-state index in [1.165, 1.54) is 18.4 Å². The molecule has 2 N–H and O–H groups in total. The van der Waals surface area contributed by atoms with Gasteiger partial charge in [0.15, 0.2) is 0 Å². The Hall–Kier alpha value is -2.58. The van der Waals surface area contributed by atoms with E-state index in [0.29, 0.717) is 27.8 Å². The number of ether oxygens (including phenoxy) is 1. The molecule has 0 fully saturated rings. The Balaban J connectivity index is 1.55. The van der Waals surface area contributed by atoms with Crippen molar-refractivity contribution >= 4 is 52.0 Å². The van der Waals surface area contributed by atoms with Gasteiger partial charge in [0, 0.05) is 17.8 Å². The Morgan fingerprint density at radius 1 is 1.20 bits per heavy atom. The van der Waals surface area contributed by atoms with Crippen LogP contribution < -0.4 is 10.6 Å². The first kappa shape index (κ1) is 17.2. The van der Waals surface area contributed by atoms with Crippen molar-refractivity contribution < 1.29 is 19.2 Å². The summed E-state index contributed by atoms with van der Waals surface area (Å²) < 4.78 is 5.17. The number of anilines is 2. The molecule has 0 spiro atoms. The van der Waals surface area contributed by atoms with Gasteiger partial charge in [0.05, 0.1) is 16.3 Å². The molecular formula is C16H14ClN3O4S. The lowest BCUT2D eigenvalue weighted by molar-refractivity contribution is -0.125. The number of rotatable bonds is 4. The van der Waals surface area contributed by atoms with E-state index in [1.807, 2.05) is 6.07 Å². The van der Waals surface area contributed by atoms with Crippen molar-refractivity contribution in [3.63, 3.8) is 0 Å². The summed E-state index contributed by atoms with van der Waals surface area (Å²) in [5.41, 5.74) is 1.84. The number of methoxy groups -OCH3 is 1. The van der Waals surface area contributed by atoms with Gasteiger partial charge in [0.1, 0.15) is 5.71 Å². The number of benzene rings is 1. The van der Waals surface area contributed by atoms with Crippen LogP contribution >= 0.6 is 22.9 Å². The van der Waals surface area contributed by atoms with Crippen molar-refractivity contribution in [2.45, 2.75) is 12.5 Å². The van der Waals surface area contributed by atoms with Gasteiger partial charge in [-0.05, 0) is 36.4 Å². The van der Waals surface area contributed by atoms with Crippen molar-refractivity contribution in [1.29, 1.82) is 0 Å². The number of thiophene rings is 1. The van der Waals surface area contributed by atoms with Gasteiger partial charge in [0.2, 0.25) is 6.10 Å². The lowest BCUT2D eigenvalue weighted by Crippen LogP contribution is -2.27. The molecule has 1 atom stereocenters. The molecule has 0 saturated carbocycles. The Morgan fingerprint density at radius 3 is 2.48 bits per heavy atom. The van der Waals surface area contributed by atoms with E-state index >= 15 is 0 Å². The summed E-state index contributed by atoms with van der Waals surface area (Å²) in [4.78, 5) is 29.5. The first-order chi connectivity index (χ1) is 12.0. The molecule has 0 aliphatic carbocycles. The largest absolute Gasteiger partial charge is 0.453 e. The first-order valence-electron chi connectivity index (χ1n) is 7.29. The summed E-state index contributed by atoms with van der Waals surface area (Å²) in [6.45, 7) is 0. The number of nitrogens with zero attached hydrogens (tertiary/aromatic N) is 1. The molecule has 1 unspecified atom stereocenters. The highest BCUT2D eigenvalue weighted by molar-refractivity contribution is 7.18. The standard InChI is InChI=1S/C16H14ClN3O4S/c1-23-16(22)19-10-4-2-9(3-5-10)18-15(21)12-8-11(20-24-12)13-6-7-14(17)25-13/h2-7,12H,8H2,1H3,(H,18,21)(H,19,22). The fourth-order valence-corrected chi connectivity index (χ4v) is 3.19. The van der Waals surface area contributed by atoms with E-state index in [1.54, 1.807) is 30.3 Å². The minimum atomic E-state index is -0.691. The van der Waals surface area contributed by atoms with Gasteiger partial charge in [-0.3, -0.25) is 10.1 Å². The van der Waals surface area contributed by atoms with Crippen LogP contribution in [-0.4, -0.2) is 30.9 Å². The summed E-state index contributed by atoms with van der Waals surface area (Å²) in [5.74, 6) is -0.296. The van der Waals surface area contributed by atoms with E-state index < -0.39 is 12.2 Å². The molecule has 2 heterocycles. The lowest BCUT2D eigenvalue weighted by Gasteiger charge is -2.10. The summed E-state index contributed by atoms with van der Waals surface area (Å²) >= 11 is 7.30. The average Bonchev–Trinajstić information content (AvgIpc) is 3.25. The SMILES string of the molecule is COC(=O)Nc1ccc(NC(=O)C2CC(c3ccc(Cl)s3)=NO2)cc1. The highest BCUT2D eigenvalue weighted by Crippen LogP contribution is 2.26. The zero-order valence-electron chi connectivity index (χ0n) is 13.1. The van der Waals surface area contributed by atoms with Crippen LogP contribution in [0, 0.1) is 0 Å². The van der Waals surface area contributed by atoms with Gasteiger partial charge >= 0.3 is 6.09 Å². The van der Waals surface area contributed by atoms with Gasteiger partial charge in [-0.15, -0.1) is 11.3 Å². The zero-order chi connectivity index (χ0) is 17.8. The molecule has 1 aliphatic rings. The van der Waals surface area contributed by atoms with Crippen LogP contribution in [0.4, 0.5) is 16.2 Å². The summed E-state index contributed by atoms with van der Waals surface area (Å²) in [6, 6.07) is 10.3. The van der Waals surface area contributed by atoms with E-state index in [9.17, 15) is 9.59 Å². The smallest absolute Gasteiger partial charge is 0.411 e.